The SMILES string of the molecule is COc1ccc(Nc2cc(C)nc(Nc3ccc(NC(=O)C(c4ccccc4)c4ccccc4)cc3)n2)cc1. The summed E-state index contributed by atoms with van der Waals surface area (Å²) in [6.45, 7) is 1.92. The number of ether oxygens (including phenoxy) is 1. The van der Waals surface area contributed by atoms with Crippen LogP contribution in [0.4, 0.5) is 28.8 Å². The lowest BCUT2D eigenvalue weighted by atomic mass is 9.90. The maximum absolute atomic E-state index is 13.4. The number of methoxy groups -OCH3 is 1. The van der Waals surface area contributed by atoms with Crippen molar-refractivity contribution in [2.45, 2.75) is 12.8 Å². The van der Waals surface area contributed by atoms with Gasteiger partial charge in [0.05, 0.1) is 13.0 Å². The average molecular weight is 516 g/mol. The maximum atomic E-state index is 13.4. The normalized spacial score (nSPS) is 10.6. The van der Waals surface area contributed by atoms with Crippen LogP contribution in [0.5, 0.6) is 5.75 Å². The molecule has 0 aliphatic rings. The zero-order chi connectivity index (χ0) is 27.0. The molecule has 0 unspecified atom stereocenters. The maximum Gasteiger partial charge on any atom is 0.236 e. The van der Waals surface area contributed by atoms with Crippen molar-refractivity contribution in [2.75, 3.05) is 23.1 Å². The van der Waals surface area contributed by atoms with Gasteiger partial charge in [0.25, 0.3) is 0 Å². The van der Waals surface area contributed by atoms with Crippen LogP contribution in [0.1, 0.15) is 22.7 Å². The minimum absolute atomic E-state index is 0.0932. The Balaban J connectivity index is 1.28. The van der Waals surface area contributed by atoms with Crippen molar-refractivity contribution in [3.05, 3.63) is 132 Å². The fourth-order valence-electron chi connectivity index (χ4n) is 4.28. The van der Waals surface area contributed by atoms with E-state index < -0.39 is 5.92 Å². The molecule has 3 N–H and O–H groups in total. The minimum Gasteiger partial charge on any atom is -0.497 e. The van der Waals surface area contributed by atoms with E-state index in [0.29, 0.717) is 17.5 Å². The predicted molar refractivity (Wildman–Crippen MR) is 156 cm³/mol. The van der Waals surface area contributed by atoms with Crippen LogP contribution >= 0.6 is 0 Å². The molecule has 0 aliphatic carbocycles. The molecule has 1 heterocycles. The van der Waals surface area contributed by atoms with E-state index in [-0.39, 0.29) is 5.91 Å². The molecule has 5 aromatic rings. The third-order valence-electron chi connectivity index (χ3n) is 6.15. The number of carbonyl (C=O) groups is 1. The van der Waals surface area contributed by atoms with Gasteiger partial charge < -0.3 is 20.7 Å². The number of amides is 1. The summed E-state index contributed by atoms with van der Waals surface area (Å²) in [5, 5.41) is 9.61. The third kappa shape index (κ3) is 6.59. The van der Waals surface area contributed by atoms with Crippen molar-refractivity contribution in [3.63, 3.8) is 0 Å². The van der Waals surface area contributed by atoms with Crippen molar-refractivity contribution >= 4 is 34.7 Å². The van der Waals surface area contributed by atoms with Crippen LogP contribution in [0.15, 0.2) is 115 Å². The molecule has 4 aromatic carbocycles. The molecule has 0 atom stereocenters. The van der Waals surface area contributed by atoms with Crippen LogP contribution in [0.25, 0.3) is 0 Å². The van der Waals surface area contributed by atoms with E-state index in [1.54, 1.807) is 7.11 Å². The van der Waals surface area contributed by atoms with E-state index in [2.05, 4.69) is 25.9 Å². The van der Waals surface area contributed by atoms with Crippen LogP contribution in [0.3, 0.4) is 0 Å². The highest BCUT2D eigenvalue weighted by atomic mass is 16.5. The van der Waals surface area contributed by atoms with Crippen molar-refractivity contribution in [2.24, 2.45) is 0 Å². The second-order valence-corrected chi connectivity index (χ2v) is 9.02. The highest BCUT2D eigenvalue weighted by Crippen LogP contribution is 2.27. The van der Waals surface area contributed by atoms with Gasteiger partial charge in [0.2, 0.25) is 11.9 Å². The Morgan fingerprint density at radius 2 is 1.23 bits per heavy atom. The van der Waals surface area contributed by atoms with Crippen LogP contribution in [0, 0.1) is 6.92 Å². The number of nitrogens with one attached hydrogen (secondary N) is 3. The molecule has 0 spiro atoms. The average Bonchev–Trinajstić information content (AvgIpc) is 2.95. The van der Waals surface area contributed by atoms with Crippen molar-refractivity contribution in [1.29, 1.82) is 0 Å². The molecule has 1 aromatic heterocycles. The zero-order valence-corrected chi connectivity index (χ0v) is 21.8. The highest BCUT2D eigenvalue weighted by Gasteiger charge is 2.22. The molecule has 0 bridgehead atoms. The molecule has 7 nitrogen and oxygen atoms in total. The Bertz CT molecular complexity index is 1480. The van der Waals surface area contributed by atoms with E-state index >= 15 is 0 Å². The Kier molecular flexibility index (Phi) is 7.79. The topological polar surface area (TPSA) is 88.2 Å². The number of hydrogen-bond acceptors (Lipinski definition) is 6. The monoisotopic (exact) mass is 515 g/mol. The highest BCUT2D eigenvalue weighted by molar-refractivity contribution is 5.98. The Morgan fingerprint density at radius 1 is 0.692 bits per heavy atom. The number of rotatable bonds is 9. The van der Waals surface area contributed by atoms with Gasteiger partial charge >= 0.3 is 0 Å². The second-order valence-electron chi connectivity index (χ2n) is 9.02. The third-order valence-corrected chi connectivity index (χ3v) is 6.15. The Morgan fingerprint density at radius 3 is 1.82 bits per heavy atom. The van der Waals surface area contributed by atoms with Crippen LogP contribution in [0.2, 0.25) is 0 Å². The lowest BCUT2D eigenvalue weighted by Crippen LogP contribution is -2.22. The molecule has 0 radical (unpaired) electrons. The second kappa shape index (κ2) is 11.9. The fraction of sp³-hybridized carbons (Fsp3) is 0.0938. The largest absolute Gasteiger partial charge is 0.497 e. The lowest BCUT2D eigenvalue weighted by Gasteiger charge is -2.18. The fourth-order valence-corrected chi connectivity index (χ4v) is 4.28. The standard InChI is InChI=1S/C32H29N5O2/c1-22-21-29(34-25-17-19-28(39-2)20-18-25)37-32(33-22)36-27-15-13-26(14-16-27)35-31(38)30(23-9-5-3-6-10-23)24-11-7-4-8-12-24/h3-21,30H,1-2H3,(H,35,38)(H2,33,34,36,37). The first-order valence-corrected chi connectivity index (χ1v) is 12.6. The lowest BCUT2D eigenvalue weighted by molar-refractivity contribution is -0.116. The number of aromatic nitrogens is 2. The summed E-state index contributed by atoms with van der Waals surface area (Å²) in [5.74, 6) is 1.42. The van der Waals surface area contributed by atoms with E-state index in [4.69, 9.17) is 4.74 Å². The van der Waals surface area contributed by atoms with Crippen LogP contribution in [-0.4, -0.2) is 23.0 Å². The smallest absolute Gasteiger partial charge is 0.236 e. The molecule has 194 valence electrons. The predicted octanol–water partition coefficient (Wildman–Crippen LogP) is 7.05. The minimum atomic E-state index is -0.414. The summed E-state index contributed by atoms with van der Waals surface area (Å²) < 4.78 is 5.22. The van der Waals surface area contributed by atoms with Crippen LogP contribution < -0.4 is 20.7 Å². The Labute approximate surface area is 227 Å². The molecular weight excluding hydrogens is 486 g/mol. The van der Waals surface area contributed by atoms with Gasteiger partial charge in [-0.05, 0) is 66.6 Å². The first-order valence-electron chi connectivity index (χ1n) is 12.6. The summed E-state index contributed by atoms with van der Waals surface area (Å²) in [6.07, 6.45) is 0. The number of hydrogen-bond donors (Lipinski definition) is 3. The van der Waals surface area contributed by atoms with Gasteiger partial charge in [-0.3, -0.25) is 4.79 Å². The quantitative estimate of drug-likeness (QED) is 0.195. The summed E-state index contributed by atoms with van der Waals surface area (Å²) in [6, 6.07) is 36.6. The summed E-state index contributed by atoms with van der Waals surface area (Å²) in [4.78, 5) is 22.5. The van der Waals surface area contributed by atoms with Gasteiger partial charge in [-0.1, -0.05) is 60.7 Å². The molecule has 1 amide bonds. The van der Waals surface area contributed by atoms with Gasteiger partial charge in [0.1, 0.15) is 11.6 Å². The molecule has 39 heavy (non-hydrogen) atoms. The summed E-state index contributed by atoms with van der Waals surface area (Å²) in [7, 11) is 1.64. The number of aryl methyl sites for hydroxylation is 1. The van der Waals surface area contributed by atoms with Gasteiger partial charge in [0.15, 0.2) is 0 Å². The van der Waals surface area contributed by atoms with E-state index in [0.717, 1.165) is 33.9 Å². The van der Waals surface area contributed by atoms with Crippen molar-refractivity contribution in [3.8, 4) is 5.75 Å². The number of carbonyl (C=O) groups excluding carboxylic acids is 1. The molecule has 0 saturated carbocycles. The summed E-state index contributed by atoms with van der Waals surface area (Å²) in [5.41, 5.74) is 5.10. The molecule has 7 heteroatoms. The zero-order valence-electron chi connectivity index (χ0n) is 21.8. The van der Waals surface area contributed by atoms with E-state index in [9.17, 15) is 4.79 Å². The van der Waals surface area contributed by atoms with E-state index in [1.807, 2.05) is 122 Å². The van der Waals surface area contributed by atoms with Gasteiger partial charge in [-0.25, -0.2) is 4.98 Å². The van der Waals surface area contributed by atoms with Crippen LogP contribution in [-0.2, 0) is 4.79 Å². The molecule has 0 saturated heterocycles. The number of nitrogens with zero attached hydrogens (tertiary/aromatic N) is 2. The molecule has 5 rings (SSSR count). The molecule has 0 aliphatic heterocycles. The van der Waals surface area contributed by atoms with Gasteiger partial charge in [-0.2, -0.15) is 4.98 Å². The molecular formula is C32H29N5O2. The number of benzene rings is 4. The van der Waals surface area contributed by atoms with Gasteiger partial charge in [-0.15, -0.1) is 0 Å². The number of anilines is 5. The van der Waals surface area contributed by atoms with Gasteiger partial charge in [0, 0.05) is 28.8 Å². The van der Waals surface area contributed by atoms with Crippen molar-refractivity contribution < 1.29 is 9.53 Å². The first-order chi connectivity index (χ1) is 19.1. The summed E-state index contributed by atoms with van der Waals surface area (Å²) >= 11 is 0. The van der Waals surface area contributed by atoms with Crippen molar-refractivity contribution in [1.82, 2.24) is 9.97 Å². The Hall–Kier alpha value is -5.17. The molecule has 0 fully saturated rings. The first kappa shape index (κ1) is 25.5. The van der Waals surface area contributed by atoms with E-state index in [1.165, 1.54) is 0 Å².